The molecule has 0 spiro atoms. The highest BCUT2D eigenvalue weighted by molar-refractivity contribution is 14.1. The van der Waals surface area contributed by atoms with Crippen LogP contribution in [0.5, 0.6) is 5.75 Å². The van der Waals surface area contributed by atoms with Gasteiger partial charge >= 0.3 is 5.97 Å². The maximum Gasteiger partial charge on any atom is 0.343 e. The van der Waals surface area contributed by atoms with Crippen molar-refractivity contribution in [3.05, 3.63) is 98.1 Å². The number of hydrazone groups is 1. The molecular weight excluding hydrogens is 491 g/mol. The van der Waals surface area contributed by atoms with Crippen molar-refractivity contribution >= 4 is 52.3 Å². The Balaban J connectivity index is 1.57. The Hall–Kier alpha value is -2.71. The molecule has 0 saturated carbocycles. The molecule has 7 heteroatoms. The summed E-state index contributed by atoms with van der Waals surface area (Å²) < 4.78 is 6.16. The number of carbonyl (C=O) groups excluding carboxylic acids is 2. The average molecular weight is 505 g/mol. The zero-order valence-electron chi connectivity index (χ0n) is 14.4. The minimum atomic E-state index is -0.470. The minimum Gasteiger partial charge on any atom is -0.423 e. The molecule has 1 N–H and O–H groups in total. The predicted molar refractivity (Wildman–Crippen MR) is 117 cm³/mol. The van der Waals surface area contributed by atoms with Crippen molar-refractivity contribution in [2.75, 3.05) is 0 Å². The fourth-order valence-electron chi connectivity index (χ4n) is 2.24. The van der Waals surface area contributed by atoms with E-state index in [1.807, 2.05) is 12.1 Å². The van der Waals surface area contributed by atoms with Crippen LogP contribution in [0.2, 0.25) is 5.02 Å². The van der Waals surface area contributed by atoms with E-state index in [2.05, 4.69) is 33.1 Å². The third-order valence-corrected chi connectivity index (χ3v) is 4.86. The summed E-state index contributed by atoms with van der Waals surface area (Å²) in [6.45, 7) is 0. The predicted octanol–water partition coefficient (Wildman–Crippen LogP) is 4.93. The molecule has 0 unspecified atom stereocenters. The highest BCUT2D eigenvalue weighted by Crippen LogP contribution is 2.15. The van der Waals surface area contributed by atoms with Crippen molar-refractivity contribution in [3.8, 4) is 5.75 Å². The number of rotatable bonds is 5. The van der Waals surface area contributed by atoms with Gasteiger partial charge in [0.05, 0.1) is 17.3 Å². The molecule has 0 aliphatic rings. The highest BCUT2D eigenvalue weighted by Gasteiger charge is 2.09. The average Bonchev–Trinajstić information content (AvgIpc) is 2.70. The summed E-state index contributed by atoms with van der Waals surface area (Å²) in [5.41, 5.74) is 4.21. The number of hydrogen-bond donors (Lipinski definition) is 1. The molecule has 0 atom stereocenters. The van der Waals surface area contributed by atoms with Crippen LogP contribution in [0.1, 0.15) is 26.3 Å². The summed E-state index contributed by atoms with van der Waals surface area (Å²) in [5, 5.41) is 4.51. The molecule has 0 heterocycles. The number of esters is 1. The van der Waals surface area contributed by atoms with E-state index in [1.54, 1.807) is 60.7 Å². The number of nitrogens with one attached hydrogen (secondary N) is 1. The van der Waals surface area contributed by atoms with Gasteiger partial charge in [0.1, 0.15) is 5.75 Å². The van der Waals surface area contributed by atoms with E-state index in [9.17, 15) is 9.59 Å². The molecule has 140 valence electrons. The number of carbonyl (C=O) groups is 2. The number of ether oxygens (including phenoxy) is 1. The van der Waals surface area contributed by atoms with Gasteiger partial charge in [-0.2, -0.15) is 5.10 Å². The van der Waals surface area contributed by atoms with Gasteiger partial charge in [-0.1, -0.05) is 23.7 Å². The molecule has 1 amide bonds. The van der Waals surface area contributed by atoms with Gasteiger partial charge in [0.15, 0.2) is 0 Å². The molecule has 0 aromatic heterocycles. The van der Waals surface area contributed by atoms with Gasteiger partial charge in [0.25, 0.3) is 5.91 Å². The van der Waals surface area contributed by atoms with Crippen LogP contribution in [0.15, 0.2) is 77.9 Å². The zero-order valence-corrected chi connectivity index (χ0v) is 17.3. The monoisotopic (exact) mass is 504 g/mol. The van der Waals surface area contributed by atoms with Crippen molar-refractivity contribution < 1.29 is 14.3 Å². The lowest BCUT2D eigenvalue weighted by molar-refractivity contribution is 0.0734. The maximum absolute atomic E-state index is 12.1. The van der Waals surface area contributed by atoms with Gasteiger partial charge < -0.3 is 4.74 Å². The third kappa shape index (κ3) is 5.40. The fourth-order valence-corrected chi connectivity index (χ4v) is 3.00. The van der Waals surface area contributed by atoms with E-state index >= 15 is 0 Å². The fraction of sp³-hybridized carbons (Fsp3) is 0. The zero-order chi connectivity index (χ0) is 19.9. The molecule has 28 heavy (non-hydrogen) atoms. The quantitative estimate of drug-likeness (QED) is 0.176. The van der Waals surface area contributed by atoms with Gasteiger partial charge in [-0.05, 0) is 88.8 Å². The second kappa shape index (κ2) is 9.48. The van der Waals surface area contributed by atoms with Gasteiger partial charge in [0, 0.05) is 8.59 Å². The Kier molecular flexibility index (Phi) is 6.78. The molecule has 3 aromatic carbocycles. The van der Waals surface area contributed by atoms with Crippen molar-refractivity contribution in [1.82, 2.24) is 5.43 Å². The number of halogens is 2. The standard InChI is InChI=1S/C21H14ClIN2O3/c22-16-9-7-15(8-10-16)21(27)28-17-11-5-14(6-12-17)13-24-25-20(26)18-3-1-2-4-19(18)23/h1-13H,(H,25,26)/b24-13-. The molecule has 0 aliphatic heterocycles. The normalized spacial score (nSPS) is 10.6. The first-order chi connectivity index (χ1) is 13.5. The number of nitrogens with zero attached hydrogens (tertiary/aromatic N) is 1. The summed E-state index contributed by atoms with van der Waals surface area (Å²) in [6.07, 6.45) is 1.51. The Morgan fingerprint density at radius 3 is 2.32 bits per heavy atom. The second-order valence-electron chi connectivity index (χ2n) is 5.64. The highest BCUT2D eigenvalue weighted by atomic mass is 127. The van der Waals surface area contributed by atoms with Crippen LogP contribution in [-0.2, 0) is 0 Å². The SMILES string of the molecule is O=C(Oc1ccc(/C=N\NC(=O)c2ccccc2I)cc1)c1ccc(Cl)cc1. The number of amides is 1. The second-order valence-corrected chi connectivity index (χ2v) is 7.24. The molecular formula is C21H14ClIN2O3. The Bertz CT molecular complexity index is 1020. The minimum absolute atomic E-state index is 0.283. The van der Waals surface area contributed by atoms with E-state index in [-0.39, 0.29) is 5.91 Å². The number of hydrogen-bond acceptors (Lipinski definition) is 4. The van der Waals surface area contributed by atoms with E-state index < -0.39 is 5.97 Å². The van der Waals surface area contributed by atoms with Crippen LogP contribution in [0.4, 0.5) is 0 Å². The lowest BCUT2D eigenvalue weighted by Crippen LogP contribution is -2.18. The van der Waals surface area contributed by atoms with Crippen molar-refractivity contribution in [2.24, 2.45) is 5.10 Å². The van der Waals surface area contributed by atoms with Crippen LogP contribution >= 0.6 is 34.2 Å². The number of benzene rings is 3. The summed E-state index contributed by atoms with van der Waals surface area (Å²) in [7, 11) is 0. The Morgan fingerprint density at radius 1 is 0.964 bits per heavy atom. The summed E-state index contributed by atoms with van der Waals surface area (Å²) in [5.74, 6) is -0.349. The van der Waals surface area contributed by atoms with Gasteiger partial charge in [0.2, 0.25) is 0 Å². The maximum atomic E-state index is 12.1. The largest absolute Gasteiger partial charge is 0.423 e. The lowest BCUT2D eigenvalue weighted by Gasteiger charge is -2.05. The van der Waals surface area contributed by atoms with Gasteiger partial charge in [-0.15, -0.1) is 0 Å². The molecule has 3 aromatic rings. The van der Waals surface area contributed by atoms with Gasteiger partial charge in [-0.25, -0.2) is 10.2 Å². The van der Waals surface area contributed by atoms with Crippen LogP contribution in [-0.4, -0.2) is 18.1 Å². The Morgan fingerprint density at radius 2 is 1.64 bits per heavy atom. The lowest BCUT2D eigenvalue weighted by atomic mass is 10.2. The van der Waals surface area contributed by atoms with Crippen LogP contribution in [0.3, 0.4) is 0 Å². The van der Waals surface area contributed by atoms with Gasteiger partial charge in [-0.3, -0.25) is 4.79 Å². The molecule has 0 saturated heterocycles. The van der Waals surface area contributed by atoms with Crippen molar-refractivity contribution in [1.29, 1.82) is 0 Å². The Labute approximate surface area is 180 Å². The summed E-state index contributed by atoms with van der Waals surface area (Å²) >= 11 is 7.90. The van der Waals surface area contributed by atoms with Crippen LogP contribution in [0, 0.1) is 3.57 Å². The van der Waals surface area contributed by atoms with Crippen molar-refractivity contribution in [3.63, 3.8) is 0 Å². The van der Waals surface area contributed by atoms with E-state index in [4.69, 9.17) is 16.3 Å². The molecule has 0 fully saturated rings. The third-order valence-electron chi connectivity index (χ3n) is 3.67. The topological polar surface area (TPSA) is 67.8 Å². The van der Waals surface area contributed by atoms with E-state index in [0.717, 1.165) is 9.13 Å². The summed E-state index contributed by atoms with van der Waals surface area (Å²) in [6, 6.07) is 20.5. The first-order valence-electron chi connectivity index (χ1n) is 8.19. The smallest absolute Gasteiger partial charge is 0.343 e. The van der Waals surface area contributed by atoms with E-state index in [0.29, 0.717) is 21.9 Å². The first kappa shape index (κ1) is 20.0. The first-order valence-corrected chi connectivity index (χ1v) is 9.64. The van der Waals surface area contributed by atoms with Crippen LogP contribution < -0.4 is 10.2 Å². The molecule has 5 nitrogen and oxygen atoms in total. The summed E-state index contributed by atoms with van der Waals surface area (Å²) in [4.78, 5) is 24.2. The van der Waals surface area contributed by atoms with Crippen molar-refractivity contribution in [2.45, 2.75) is 0 Å². The molecule has 0 aliphatic carbocycles. The molecule has 3 rings (SSSR count). The van der Waals surface area contributed by atoms with Crippen LogP contribution in [0.25, 0.3) is 0 Å². The molecule has 0 radical (unpaired) electrons. The molecule has 0 bridgehead atoms. The van der Waals surface area contributed by atoms with E-state index in [1.165, 1.54) is 6.21 Å².